The Morgan fingerprint density at radius 3 is 2.32 bits per heavy atom. The van der Waals surface area contributed by atoms with E-state index in [0.29, 0.717) is 22.0 Å². The van der Waals surface area contributed by atoms with E-state index in [1.807, 2.05) is 50.2 Å². The van der Waals surface area contributed by atoms with Crippen LogP contribution in [0.2, 0.25) is 5.02 Å². The van der Waals surface area contributed by atoms with Gasteiger partial charge in [0, 0.05) is 35.1 Å². The van der Waals surface area contributed by atoms with Crippen LogP contribution in [0.1, 0.15) is 41.1 Å². The lowest BCUT2D eigenvalue weighted by molar-refractivity contribution is 0.0997. The molecule has 0 spiro atoms. The fourth-order valence-electron chi connectivity index (χ4n) is 4.50. The first kappa shape index (κ1) is 25.5. The number of halogens is 1. The Morgan fingerprint density at radius 2 is 1.63 bits per heavy atom. The molecule has 0 aliphatic heterocycles. The second kappa shape index (κ2) is 10.3. The van der Waals surface area contributed by atoms with Crippen molar-refractivity contribution in [1.29, 1.82) is 0 Å². The van der Waals surface area contributed by atoms with Gasteiger partial charge in [-0.3, -0.25) is 4.79 Å². The Kier molecular flexibility index (Phi) is 6.95. The van der Waals surface area contributed by atoms with Crippen molar-refractivity contribution >= 4 is 39.9 Å². The summed E-state index contributed by atoms with van der Waals surface area (Å²) in [6.07, 6.45) is 0. The van der Waals surface area contributed by atoms with E-state index in [4.69, 9.17) is 26.2 Å². The minimum absolute atomic E-state index is 0.212. The number of benzene rings is 3. The van der Waals surface area contributed by atoms with E-state index in [-0.39, 0.29) is 11.7 Å². The van der Waals surface area contributed by atoms with E-state index in [1.54, 1.807) is 16.9 Å². The van der Waals surface area contributed by atoms with Crippen LogP contribution in [0.5, 0.6) is 0 Å². The molecule has 5 aromatic rings. The van der Waals surface area contributed by atoms with Gasteiger partial charge in [0.05, 0.1) is 5.69 Å². The Hall–Kier alpha value is -4.10. The van der Waals surface area contributed by atoms with Gasteiger partial charge < -0.3 is 14.6 Å². The molecule has 0 unspecified atom stereocenters. The van der Waals surface area contributed by atoms with Crippen LogP contribution in [0.15, 0.2) is 65.1 Å². The van der Waals surface area contributed by atoms with Crippen LogP contribution < -0.4 is 10.2 Å². The van der Waals surface area contributed by atoms with Gasteiger partial charge in [0.25, 0.3) is 5.91 Å². The van der Waals surface area contributed by atoms with Gasteiger partial charge in [-0.1, -0.05) is 23.7 Å². The van der Waals surface area contributed by atoms with Gasteiger partial charge in [0.15, 0.2) is 5.76 Å². The third-order valence-electron chi connectivity index (χ3n) is 6.79. The van der Waals surface area contributed by atoms with Crippen molar-refractivity contribution in [2.24, 2.45) is 0 Å². The average Bonchev–Trinajstić information content (AvgIpc) is 3.54. The first-order valence-corrected chi connectivity index (χ1v) is 13.1. The minimum Gasteiger partial charge on any atom is -0.451 e. The molecule has 0 radical (unpaired) electrons. The van der Waals surface area contributed by atoms with E-state index >= 15 is 0 Å². The van der Waals surface area contributed by atoms with Crippen molar-refractivity contribution in [3.05, 3.63) is 88.1 Å². The Balaban J connectivity index is 1.39. The number of anilines is 2. The highest BCUT2D eigenvalue weighted by Crippen LogP contribution is 2.29. The summed E-state index contributed by atoms with van der Waals surface area (Å²) in [4.78, 5) is 17.0. The van der Waals surface area contributed by atoms with E-state index in [2.05, 4.69) is 43.1 Å². The van der Waals surface area contributed by atoms with Crippen LogP contribution in [0, 0.1) is 20.8 Å². The lowest BCUT2D eigenvalue weighted by Gasteiger charge is -2.22. The monoisotopic (exact) mass is 527 g/mol. The fourth-order valence-corrected chi connectivity index (χ4v) is 4.69. The van der Waals surface area contributed by atoms with Gasteiger partial charge in [0.2, 0.25) is 0 Å². The fraction of sp³-hybridized carbons (Fsp3) is 0.233. The van der Waals surface area contributed by atoms with Crippen molar-refractivity contribution in [1.82, 2.24) is 15.0 Å². The number of nitrogens with one attached hydrogen (secondary N) is 1. The Morgan fingerprint density at radius 1 is 0.895 bits per heavy atom. The lowest BCUT2D eigenvalue weighted by Crippen LogP contribution is -2.21. The van der Waals surface area contributed by atoms with Gasteiger partial charge in [-0.15, -0.1) is 10.2 Å². The molecular weight excluding hydrogens is 498 g/mol. The quantitative estimate of drug-likeness (QED) is 0.239. The predicted molar refractivity (Wildman–Crippen MR) is 154 cm³/mol. The highest BCUT2D eigenvalue weighted by atomic mass is 35.5. The van der Waals surface area contributed by atoms with E-state index in [9.17, 15) is 4.79 Å². The highest BCUT2D eigenvalue weighted by Gasteiger charge is 2.16. The number of carbonyl (C=O) groups is 1. The molecule has 1 amide bonds. The van der Waals surface area contributed by atoms with Crippen molar-refractivity contribution < 1.29 is 9.21 Å². The zero-order chi connectivity index (χ0) is 27.0. The van der Waals surface area contributed by atoms with Gasteiger partial charge >= 0.3 is 0 Å². The molecule has 0 fully saturated rings. The van der Waals surface area contributed by atoms with E-state index in [1.165, 1.54) is 5.69 Å². The summed E-state index contributed by atoms with van der Waals surface area (Å²) < 4.78 is 5.84. The number of hydrogen-bond donors (Lipinski definition) is 1. The molecule has 0 aliphatic rings. The molecule has 0 saturated carbocycles. The number of amides is 1. The molecule has 0 bridgehead atoms. The number of carbonyl (C=O) groups excluding carboxylic acids is 1. The maximum Gasteiger partial charge on any atom is 0.291 e. The van der Waals surface area contributed by atoms with Crippen LogP contribution in [-0.4, -0.2) is 34.0 Å². The van der Waals surface area contributed by atoms with Crippen LogP contribution in [0.25, 0.3) is 28.0 Å². The van der Waals surface area contributed by atoms with Gasteiger partial charge in [-0.05, 0) is 99.8 Å². The molecular formula is C30H30ClN5O2. The molecule has 2 heterocycles. The standard InChI is InChI=1S/C30H30ClN5O2/c1-6-35(7-2)22-10-11-27(20(5)14-22)36-33-25-15-19(4)24(17-26(25)34-36)32-30(37)29-13-12-28(38-29)21-9-8-18(3)23(31)16-21/h8-17H,6-7H2,1-5H3,(H,32,37). The largest absolute Gasteiger partial charge is 0.451 e. The second-order valence-electron chi connectivity index (χ2n) is 9.37. The normalized spacial score (nSPS) is 11.2. The third kappa shape index (κ3) is 4.89. The maximum atomic E-state index is 13.0. The van der Waals surface area contributed by atoms with Crippen molar-refractivity contribution in [3.8, 4) is 17.0 Å². The van der Waals surface area contributed by atoms with Gasteiger partial charge in [0.1, 0.15) is 16.8 Å². The van der Waals surface area contributed by atoms with Crippen LogP contribution in [-0.2, 0) is 0 Å². The molecule has 5 rings (SSSR count). The molecule has 0 saturated heterocycles. The first-order valence-electron chi connectivity index (χ1n) is 12.7. The second-order valence-corrected chi connectivity index (χ2v) is 9.78. The molecule has 0 aliphatic carbocycles. The van der Waals surface area contributed by atoms with Gasteiger partial charge in [-0.25, -0.2) is 0 Å². The Labute approximate surface area is 227 Å². The first-order chi connectivity index (χ1) is 18.3. The smallest absolute Gasteiger partial charge is 0.291 e. The van der Waals surface area contributed by atoms with Crippen molar-refractivity contribution in [2.45, 2.75) is 34.6 Å². The molecule has 3 aromatic carbocycles. The summed E-state index contributed by atoms with van der Waals surface area (Å²) in [5.41, 5.74) is 7.95. The zero-order valence-corrected chi connectivity index (χ0v) is 22.9. The molecule has 7 nitrogen and oxygen atoms in total. The number of hydrogen-bond acceptors (Lipinski definition) is 5. The number of aromatic nitrogens is 3. The summed E-state index contributed by atoms with van der Waals surface area (Å²) >= 11 is 6.25. The SMILES string of the molecule is CCN(CC)c1ccc(-n2nc3cc(C)c(NC(=O)c4ccc(-c5ccc(C)c(Cl)c5)o4)cc3n2)c(C)c1. The van der Waals surface area contributed by atoms with E-state index in [0.717, 1.165) is 46.5 Å². The van der Waals surface area contributed by atoms with E-state index < -0.39 is 0 Å². The van der Waals surface area contributed by atoms with Crippen LogP contribution >= 0.6 is 11.6 Å². The molecule has 2 aromatic heterocycles. The van der Waals surface area contributed by atoms with Crippen molar-refractivity contribution in [3.63, 3.8) is 0 Å². The number of fused-ring (bicyclic) bond motifs is 1. The highest BCUT2D eigenvalue weighted by molar-refractivity contribution is 6.31. The Bertz CT molecular complexity index is 1650. The molecule has 8 heteroatoms. The van der Waals surface area contributed by atoms with Crippen LogP contribution in [0.3, 0.4) is 0 Å². The molecule has 1 N–H and O–H groups in total. The average molecular weight is 528 g/mol. The maximum absolute atomic E-state index is 13.0. The number of aryl methyl sites for hydroxylation is 3. The number of furan rings is 1. The third-order valence-corrected chi connectivity index (χ3v) is 7.19. The molecule has 194 valence electrons. The summed E-state index contributed by atoms with van der Waals surface area (Å²) in [6, 6.07) is 19.2. The number of nitrogens with zero attached hydrogens (tertiary/aromatic N) is 4. The molecule has 0 atom stereocenters. The van der Waals surface area contributed by atoms with Gasteiger partial charge in [-0.2, -0.15) is 4.80 Å². The summed E-state index contributed by atoms with van der Waals surface area (Å²) in [5, 5.41) is 13.0. The topological polar surface area (TPSA) is 76.2 Å². The summed E-state index contributed by atoms with van der Waals surface area (Å²) in [5.74, 6) is 0.449. The van der Waals surface area contributed by atoms with Crippen molar-refractivity contribution in [2.75, 3.05) is 23.3 Å². The minimum atomic E-state index is -0.341. The molecule has 38 heavy (non-hydrogen) atoms. The summed E-state index contributed by atoms with van der Waals surface area (Å²) in [6.45, 7) is 12.1. The predicted octanol–water partition coefficient (Wildman–Crippen LogP) is 7.36. The zero-order valence-electron chi connectivity index (χ0n) is 22.2. The van der Waals surface area contributed by atoms with Crippen LogP contribution in [0.4, 0.5) is 11.4 Å². The number of rotatable bonds is 7. The summed E-state index contributed by atoms with van der Waals surface area (Å²) in [7, 11) is 0. The lowest BCUT2D eigenvalue weighted by atomic mass is 10.1.